The summed E-state index contributed by atoms with van der Waals surface area (Å²) in [6.07, 6.45) is 8.28. The highest BCUT2D eigenvalue weighted by molar-refractivity contribution is 8.00. The summed E-state index contributed by atoms with van der Waals surface area (Å²) in [5.41, 5.74) is 0. The Morgan fingerprint density at radius 2 is 2.36 bits per heavy atom. The van der Waals surface area contributed by atoms with Crippen molar-refractivity contribution in [3.05, 3.63) is 12.2 Å². The second-order valence-corrected chi connectivity index (χ2v) is 4.88. The van der Waals surface area contributed by atoms with Crippen molar-refractivity contribution in [2.75, 3.05) is 6.61 Å². The van der Waals surface area contributed by atoms with Crippen molar-refractivity contribution in [1.29, 1.82) is 0 Å². The van der Waals surface area contributed by atoms with Crippen LogP contribution in [0.2, 0.25) is 0 Å². The van der Waals surface area contributed by atoms with Gasteiger partial charge in [-0.2, -0.15) is 11.8 Å². The van der Waals surface area contributed by atoms with Crippen LogP contribution in [-0.2, 0) is 0 Å². The highest BCUT2D eigenvalue weighted by atomic mass is 32.2. The summed E-state index contributed by atoms with van der Waals surface area (Å²) in [6.45, 7) is 0.387. The number of thioether (sulfide) groups is 1. The lowest BCUT2D eigenvalue weighted by Gasteiger charge is -2.35. The molecule has 11 heavy (non-hydrogen) atoms. The molecule has 62 valence electrons. The van der Waals surface area contributed by atoms with Crippen LogP contribution in [0.1, 0.15) is 19.3 Å². The lowest BCUT2D eigenvalue weighted by atomic mass is 9.93. The zero-order valence-corrected chi connectivity index (χ0v) is 7.39. The molecule has 0 aromatic rings. The number of fused-ring (bicyclic) bond motifs is 2. The van der Waals surface area contributed by atoms with Gasteiger partial charge in [-0.05, 0) is 25.2 Å². The molecular weight excluding hydrogens is 156 g/mol. The zero-order valence-electron chi connectivity index (χ0n) is 6.57. The predicted molar refractivity (Wildman–Crippen MR) is 48.7 cm³/mol. The van der Waals surface area contributed by atoms with E-state index in [1.54, 1.807) is 0 Å². The number of hydrogen-bond acceptors (Lipinski definition) is 2. The molecule has 2 rings (SSSR count). The van der Waals surface area contributed by atoms with Crippen LogP contribution in [0.15, 0.2) is 12.2 Å². The molecule has 2 aliphatic rings. The van der Waals surface area contributed by atoms with Crippen molar-refractivity contribution in [1.82, 2.24) is 0 Å². The molecule has 0 spiro atoms. The van der Waals surface area contributed by atoms with Crippen molar-refractivity contribution in [2.24, 2.45) is 5.92 Å². The van der Waals surface area contributed by atoms with E-state index < -0.39 is 0 Å². The van der Waals surface area contributed by atoms with Gasteiger partial charge >= 0.3 is 0 Å². The molecule has 2 bridgehead atoms. The molecular formula is C9H14OS. The molecule has 1 nitrogen and oxygen atoms in total. The fourth-order valence-corrected chi connectivity index (χ4v) is 3.52. The second-order valence-electron chi connectivity index (χ2n) is 3.40. The molecule has 2 heterocycles. The summed E-state index contributed by atoms with van der Waals surface area (Å²) in [5, 5.41) is 10.5. The zero-order chi connectivity index (χ0) is 7.68. The van der Waals surface area contributed by atoms with Gasteiger partial charge in [0, 0.05) is 17.1 Å². The number of aliphatic hydroxyl groups excluding tert-OH is 1. The minimum Gasteiger partial charge on any atom is -0.396 e. The van der Waals surface area contributed by atoms with Crippen molar-refractivity contribution in [3.63, 3.8) is 0 Å². The molecule has 0 aromatic carbocycles. The van der Waals surface area contributed by atoms with Crippen LogP contribution in [0, 0.1) is 5.92 Å². The molecule has 2 aliphatic heterocycles. The number of rotatable bonds is 1. The maximum atomic E-state index is 9.07. The first-order chi connectivity index (χ1) is 5.40. The predicted octanol–water partition coefficient (Wildman–Crippen LogP) is 1.82. The van der Waals surface area contributed by atoms with Gasteiger partial charge in [0.15, 0.2) is 0 Å². The normalized spacial score (nSPS) is 42.5. The topological polar surface area (TPSA) is 20.2 Å². The van der Waals surface area contributed by atoms with E-state index in [0.717, 1.165) is 5.25 Å². The molecule has 2 heteroatoms. The van der Waals surface area contributed by atoms with Gasteiger partial charge in [-0.1, -0.05) is 12.2 Å². The fraction of sp³-hybridized carbons (Fsp3) is 0.778. The molecule has 0 amide bonds. The Morgan fingerprint density at radius 3 is 3.18 bits per heavy atom. The van der Waals surface area contributed by atoms with E-state index in [0.29, 0.717) is 17.8 Å². The SMILES string of the molecule is OC[C@H]1CC[C@H]2C=CC[C@@H]1S2. The Morgan fingerprint density at radius 1 is 1.45 bits per heavy atom. The summed E-state index contributed by atoms with van der Waals surface area (Å²) >= 11 is 2.06. The summed E-state index contributed by atoms with van der Waals surface area (Å²) in [7, 11) is 0. The van der Waals surface area contributed by atoms with Crippen LogP contribution in [0.4, 0.5) is 0 Å². The minimum atomic E-state index is 0.387. The largest absolute Gasteiger partial charge is 0.396 e. The van der Waals surface area contributed by atoms with Gasteiger partial charge in [0.05, 0.1) is 0 Å². The fourth-order valence-electron chi connectivity index (χ4n) is 1.93. The molecule has 3 atom stereocenters. The third-order valence-electron chi connectivity index (χ3n) is 2.65. The Kier molecular flexibility index (Phi) is 2.23. The third kappa shape index (κ3) is 1.47. The Hall–Kier alpha value is 0.0500. The number of allylic oxidation sites excluding steroid dienone is 1. The first-order valence-electron chi connectivity index (χ1n) is 4.33. The lowest BCUT2D eigenvalue weighted by molar-refractivity contribution is 0.209. The summed E-state index contributed by atoms with van der Waals surface area (Å²) in [5.74, 6) is 0.571. The van der Waals surface area contributed by atoms with Gasteiger partial charge in [-0.3, -0.25) is 0 Å². The molecule has 0 saturated carbocycles. The van der Waals surface area contributed by atoms with E-state index in [2.05, 4.69) is 23.9 Å². The maximum absolute atomic E-state index is 9.07. The van der Waals surface area contributed by atoms with E-state index in [-0.39, 0.29) is 0 Å². The van der Waals surface area contributed by atoms with Crippen LogP contribution in [0.3, 0.4) is 0 Å². The van der Waals surface area contributed by atoms with E-state index >= 15 is 0 Å². The summed E-state index contributed by atoms with van der Waals surface area (Å²) < 4.78 is 0. The standard InChI is InChI=1S/C9H14OS/c10-6-7-4-5-8-2-1-3-9(7)11-8/h1-2,7-10H,3-6H2/t7-,8-,9+/m1/s1. The van der Waals surface area contributed by atoms with Gasteiger partial charge in [-0.15, -0.1) is 0 Å². The number of hydrogen-bond donors (Lipinski definition) is 1. The van der Waals surface area contributed by atoms with Crippen molar-refractivity contribution in [3.8, 4) is 0 Å². The maximum Gasteiger partial charge on any atom is 0.0469 e. The van der Waals surface area contributed by atoms with Gasteiger partial charge < -0.3 is 5.11 Å². The summed E-state index contributed by atoms with van der Waals surface area (Å²) in [6, 6.07) is 0. The van der Waals surface area contributed by atoms with Gasteiger partial charge in [0.2, 0.25) is 0 Å². The molecule has 0 aromatic heterocycles. The summed E-state index contributed by atoms with van der Waals surface area (Å²) in [4.78, 5) is 0. The number of aliphatic hydroxyl groups is 1. The van der Waals surface area contributed by atoms with Gasteiger partial charge in [0.1, 0.15) is 0 Å². The van der Waals surface area contributed by atoms with Crippen LogP contribution >= 0.6 is 11.8 Å². The van der Waals surface area contributed by atoms with Crippen LogP contribution in [0.5, 0.6) is 0 Å². The third-order valence-corrected chi connectivity index (χ3v) is 4.32. The highest BCUT2D eigenvalue weighted by Crippen LogP contribution is 2.41. The monoisotopic (exact) mass is 170 g/mol. The molecule has 1 saturated heterocycles. The minimum absolute atomic E-state index is 0.387. The molecule has 0 radical (unpaired) electrons. The van der Waals surface area contributed by atoms with Crippen molar-refractivity contribution in [2.45, 2.75) is 29.8 Å². The first kappa shape index (κ1) is 7.69. The quantitative estimate of drug-likeness (QED) is 0.606. The Balaban J connectivity index is 2.05. The smallest absolute Gasteiger partial charge is 0.0469 e. The van der Waals surface area contributed by atoms with Crippen molar-refractivity contribution >= 4 is 11.8 Å². The van der Waals surface area contributed by atoms with E-state index in [4.69, 9.17) is 5.11 Å². The second kappa shape index (κ2) is 3.20. The van der Waals surface area contributed by atoms with Crippen LogP contribution in [0.25, 0.3) is 0 Å². The van der Waals surface area contributed by atoms with E-state index in [1.165, 1.54) is 19.3 Å². The highest BCUT2D eigenvalue weighted by Gasteiger charge is 2.30. The molecule has 1 fully saturated rings. The Bertz CT molecular complexity index is 167. The average Bonchev–Trinajstić information content (AvgIpc) is 2.06. The van der Waals surface area contributed by atoms with Crippen molar-refractivity contribution < 1.29 is 5.11 Å². The molecule has 0 unspecified atom stereocenters. The van der Waals surface area contributed by atoms with Crippen LogP contribution in [-0.4, -0.2) is 22.2 Å². The van der Waals surface area contributed by atoms with Gasteiger partial charge in [0.25, 0.3) is 0 Å². The first-order valence-corrected chi connectivity index (χ1v) is 5.27. The molecule has 1 N–H and O–H groups in total. The lowest BCUT2D eigenvalue weighted by Crippen LogP contribution is -2.30. The average molecular weight is 170 g/mol. The molecule has 0 aliphatic carbocycles. The van der Waals surface area contributed by atoms with Gasteiger partial charge in [-0.25, -0.2) is 0 Å². The van der Waals surface area contributed by atoms with Crippen LogP contribution < -0.4 is 0 Å². The van der Waals surface area contributed by atoms with E-state index in [9.17, 15) is 0 Å². The Labute approximate surface area is 71.9 Å². The van der Waals surface area contributed by atoms with E-state index in [1.807, 2.05) is 0 Å².